The zero-order valence-corrected chi connectivity index (χ0v) is 8.01. The van der Waals surface area contributed by atoms with E-state index in [0.29, 0.717) is 5.41 Å². The Kier molecular flexibility index (Phi) is 1.68. The van der Waals surface area contributed by atoms with Crippen LogP contribution < -0.4 is 0 Å². The lowest BCUT2D eigenvalue weighted by Gasteiger charge is -2.59. The lowest BCUT2D eigenvalue weighted by molar-refractivity contribution is -0.0994. The minimum atomic E-state index is 0.563. The first-order valence-corrected chi connectivity index (χ1v) is 4.99. The molecule has 1 nitrogen and oxygen atoms in total. The van der Waals surface area contributed by atoms with E-state index in [1.54, 1.807) is 0 Å². The monoisotopic (exact) mass is 163 g/mol. The molecule has 0 aromatic heterocycles. The average Bonchev–Trinajstić information content (AvgIpc) is 2.05. The predicted octanol–water partition coefficient (Wildman–Crippen LogP) is 2.98. The molecule has 3 fully saturated rings. The molecule has 0 spiro atoms. The second-order valence-electron chi connectivity index (χ2n) is 5.04. The Morgan fingerprint density at radius 1 is 1.42 bits per heavy atom. The average molecular weight is 163 g/mol. The van der Waals surface area contributed by atoms with E-state index in [0.717, 1.165) is 24.3 Å². The van der Waals surface area contributed by atoms with Crippen molar-refractivity contribution in [3.8, 4) is 0 Å². The van der Waals surface area contributed by atoms with Crippen LogP contribution >= 0.6 is 0 Å². The van der Waals surface area contributed by atoms with Crippen molar-refractivity contribution < 1.29 is 0 Å². The molecule has 0 radical (unpaired) electrons. The molecule has 3 rings (SSSR count). The van der Waals surface area contributed by atoms with E-state index in [4.69, 9.17) is 6.57 Å². The third-order valence-electron chi connectivity index (χ3n) is 4.33. The maximum Gasteiger partial charge on any atom is 0.217 e. The van der Waals surface area contributed by atoms with Gasteiger partial charge in [0.1, 0.15) is 0 Å². The zero-order chi connectivity index (χ0) is 8.77. The fraction of sp³-hybridized carbons (Fsp3) is 0.909. The Hall–Kier alpha value is -0.510. The van der Waals surface area contributed by atoms with Crippen molar-refractivity contribution in [3.05, 3.63) is 11.4 Å². The zero-order valence-electron chi connectivity index (χ0n) is 8.01. The lowest BCUT2D eigenvalue weighted by atomic mass is 9.45. The van der Waals surface area contributed by atoms with Crippen LogP contribution in [0.5, 0.6) is 0 Å². The van der Waals surface area contributed by atoms with Gasteiger partial charge in [0.05, 0.1) is 0 Å². The first-order chi connectivity index (χ1) is 5.66. The van der Waals surface area contributed by atoms with Crippen LogP contribution in [0.25, 0.3) is 4.85 Å². The lowest BCUT2D eigenvalue weighted by Crippen LogP contribution is -2.52. The number of nitrogens with zero attached hydrogens (tertiary/aromatic N) is 1. The van der Waals surface area contributed by atoms with Crippen molar-refractivity contribution in [1.82, 2.24) is 0 Å². The highest BCUT2D eigenvalue weighted by Gasteiger charge is 2.54. The van der Waals surface area contributed by atoms with Gasteiger partial charge in [-0.2, -0.15) is 0 Å². The Morgan fingerprint density at radius 3 is 2.67 bits per heavy atom. The second-order valence-corrected chi connectivity index (χ2v) is 5.04. The quantitative estimate of drug-likeness (QED) is 0.523. The smallest absolute Gasteiger partial charge is 0.217 e. The van der Waals surface area contributed by atoms with Crippen LogP contribution in [0.3, 0.4) is 0 Å². The molecule has 0 heterocycles. The molecule has 12 heavy (non-hydrogen) atoms. The van der Waals surface area contributed by atoms with Gasteiger partial charge in [-0.15, -0.1) is 0 Å². The highest BCUT2D eigenvalue weighted by Crippen LogP contribution is 2.61. The van der Waals surface area contributed by atoms with Crippen LogP contribution in [0, 0.1) is 29.7 Å². The van der Waals surface area contributed by atoms with Gasteiger partial charge in [0.2, 0.25) is 6.54 Å². The molecule has 0 saturated heterocycles. The van der Waals surface area contributed by atoms with E-state index < -0.39 is 0 Å². The molecule has 0 amide bonds. The molecular formula is C11H17N. The molecule has 0 aliphatic heterocycles. The largest absolute Gasteiger partial charge is 0.317 e. The number of hydrogen-bond acceptors (Lipinski definition) is 0. The summed E-state index contributed by atoms with van der Waals surface area (Å²) in [7, 11) is 0. The predicted molar refractivity (Wildman–Crippen MR) is 49.6 cm³/mol. The van der Waals surface area contributed by atoms with Crippen LogP contribution in [0.2, 0.25) is 0 Å². The van der Waals surface area contributed by atoms with E-state index in [9.17, 15) is 0 Å². The summed E-state index contributed by atoms with van der Waals surface area (Å²) in [6.45, 7) is 12.5. The van der Waals surface area contributed by atoms with Crippen LogP contribution in [-0.4, -0.2) is 6.54 Å². The summed E-state index contributed by atoms with van der Waals surface area (Å²) < 4.78 is 0. The van der Waals surface area contributed by atoms with Gasteiger partial charge in [0, 0.05) is 5.92 Å². The summed E-state index contributed by atoms with van der Waals surface area (Å²) in [5.74, 6) is 2.57. The molecule has 1 unspecified atom stereocenters. The Morgan fingerprint density at radius 2 is 2.17 bits per heavy atom. The molecule has 3 atom stereocenters. The Labute approximate surface area is 75.0 Å². The minimum absolute atomic E-state index is 0.563. The highest BCUT2D eigenvalue weighted by molar-refractivity contribution is 5.04. The van der Waals surface area contributed by atoms with E-state index in [1.807, 2.05) is 0 Å². The normalized spacial score (nSPS) is 42.9. The first-order valence-electron chi connectivity index (χ1n) is 4.99. The molecule has 3 aliphatic rings. The third kappa shape index (κ3) is 0.905. The summed E-state index contributed by atoms with van der Waals surface area (Å²) >= 11 is 0. The van der Waals surface area contributed by atoms with Gasteiger partial charge in [0.25, 0.3) is 0 Å². The van der Waals surface area contributed by atoms with E-state index in [1.165, 1.54) is 19.3 Å². The van der Waals surface area contributed by atoms with Crippen LogP contribution in [0.4, 0.5) is 0 Å². The maximum atomic E-state index is 6.90. The van der Waals surface area contributed by atoms with Crippen molar-refractivity contribution in [2.24, 2.45) is 23.2 Å². The van der Waals surface area contributed by atoms with Gasteiger partial charge in [-0.25, -0.2) is 6.57 Å². The van der Waals surface area contributed by atoms with Crippen molar-refractivity contribution in [3.63, 3.8) is 0 Å². The molecule has 1 heteroatoms. The van der Waals surface area contributed by atoms with Gasteiger partial charge in [0.15, 0.2) is 0 Å². The molecule has 0 aromatic carbocycles. The van der Waals surface area contributed by atoms with Crippen LogP contribution in [0.1, 0.15) is 33.1 Å². The standard InChI is InChI=1S/C11H17N/c1-11(2)9-5-4-8(7-12-3)10(11)6-9/h8-10H,4-7H2,1-2H3/t8?,9-,10-/m1/s1. The van der Waals surface area contributed by atoms with Crippen LogP contribution in [-0.2, 0) is 0 Å². The third-order valence-corrected chi connectivity index (χ3v) is 4.33. The molecule has 3 aliphatic carbocycles. The van der Waals surface area contributed by atoms with E-state index in [-0.39, 0.29) is 0 Å². The van der Waals surface area contributed by atoms with Gasteiger partial charge in [-0.3, -0.25) is 0 Å². The van der Waals surface area contributed by atoms with Gasteiger partial charge in [-0.05, 0) is 36.5 Å². The number of rotatable bonds is 1. The molecule has 2 bridgehead atoms. The Bertz CT molecular complexity index is 222. The molecule has 3 saturated carbocycles. The van der Waals surface area contributed by atoms with Crippen molar-refractivity contribution in [2.75, 3.05) is 6.54 Å². The molecular weight excluding hydrogens is 146 g/mol. The second kappa shape index (κ2) is 2.49. The number of fused-ring (bicyclic) bond motifs is 2. The summed E-state index contributed by atoms with van der Waals surface area (Å²) in [6, 6.07) is 0. The van der Waals surface area contributed by atoms with Crippen molar-refractivity contribution >= 4 is 0 Å². The fourth-order valence-corrected chi connectivity index (χ4v) is 3.30. The topological polar surface area (TPSA) is 4.36 Å². The SMILES string of the molecule is [C-]#[N+]CC1CC[C@@H]2C[C@H]1C2(C)C. The summed E-state index contributed by atoms with van der Waals surface area (Å²) in [6.07, 6.45) is 4.11. The van der Waals surface area contributed by atoms with Gasteiger partial charge >= 0.3 is 0 Å². The highest BCUT2D eigenvalue weighted by atomic mass is 14.7. The van der Waals surface area contributed by atoms with Gasteiger partial charge < -0.3 is 4.85 Å². The van der Waals surface area contributed by atoms with Crippen LogP contribution in [0.15, 0.2) is 0 Å². The van der Waals surface area contributed by atoms with Crippen molar-refractivity contribution in [2.45, 2.75) is 33.1 Å². The Balaban J connectivity index is 2.07. The first kappa shape index (κ1) is 8.10. The summed E-state index contributed by atoms with van der Waals surface area (Å²) in [5.41, 5.74) is 0.563. The maximum absolute atomic E-state index is 6.90. The minimum Gasteiger partial charge on any atom is -0.317 e. The van der Waals surface area contributed by atoms with E-state index >= 15 is 0 Å². The van der Waals surface area contributed by atoms with E-state index in [2.05, 4.69) is 18.7 Å². The molecule has 0 N–H and O–H groups in total. The number of hydrogen-bond donors (Lipinski definition) is 0. The van der Waals surface area contributed by atoms with Crippen molar-refractivity contribution in [1.29, 1.82) is 0 Å². The molecule has 0 aromatic rings. The summed E-state index contributed by atoms with van der Waals surface area (Å²) in [4.78, 5) is 3.55. The molecule has 66 valence electrons. The summed E-state index contributed by atoms with van der Waals surface area (Å²) in [5, 5.41) is 0. The van der Waals surface area contributed by atoms with Gasteiger partial charge in [-0.1, -0.05) is 13.8 Å². The fourth-order valence-electron chi connectivity index (χ4n) is 3.30.